The van der Waals surface area contributed by atoms with E-state index in [9.17, 15) is 18.0 Å². The van der Waals surface area contributed by atoms with Crippen molar-refractivity contribution < 1.29 is 18.0 Å². The first-order chi connectivity index (χ1) is 16.0. The lowest BCUT2D eigenvalue weighted by Crippen LogP contribution is -2.14. The molecule has 0 saturated heterocycles. The number of para-hydroxylation sites is 1. The van der Waals surface area contributed by atoms with E-state index in [0.717, 1.165) is 23.5 Å². The van der Waals surface area contributed by atoms with Crippen LogP contribution in [0.1, 0.15) is 37.9 Å². The van der Waals surface area contributed by atoms with E-state index in [1.54, 1.807) is 38.1 Å². The molecule has 176 valence electrons. The quantitative estimate of drug-likeness (QED) is 0.322. The molecule has 6 nitrogen and oxygen atoms in total. The van der Waals surface area contributed by atoms with Gasteiger partial charge in [0, 0.05) is 16.3 Å². The van der Waals surface area contributed by atoms with Crippen LogP contribution in [-0.4, -0.2) is 25.9 Å². The van der Waals surface area contributed by atoms with Gasteiger partial charge >= 0.3 is 6.18 Å². The molecule has 4 rings (SSSR count). The molecule has 0 aliphatic rings. The molecular formula is C22H16Cl2F3N5OS. The van der Waals surface area contributed by atoms with Crippen LogP contribution >= 0.6 is 34.5 Å². The number of hydrogen-bond donors (Lipinski definition) is 1. The highest BCUT2D eigenvalue weighted by atomic mass is 35.5. The predicted molar refractivity (Wildman–Crippen MR) is 125 cm³/mol. The van der Waals surface area contributed by atoms with Gasteiger partial charge < -0.3 is 0 Å². The minimum Gasteiger partial charge on any atom is -0.296 e. The lowest BCUT2D eigenvalue weighted by atomic mass is 10.1. The summed E-state index contributed by atoms with van der Waals surface area (Å²) in [6, 6.07) is 10.2. The number of thiazole rings is 1. The van der Waals surface area contributed by atoms with Gasteiger partial charge in [-0.2, -0.15) is 13.2 Å². The monoisotopic (exact) mass is 525 g/mol. The Morgan fingerprint density at radius 3 is 2.56 bits per heavy atom. The number of halogens is 5. The molecule has 2 aromatic carbocycles. The number of anilines is 1. The van der Waals surface area contributed by atoms with Crippen LogP contribution in [0.25, 0.3) is 5.69 Å². The molecule has 2 aromatic heterocycles. The molecule has 0 atom stereocenters. The van der Waals surface area contributed by atoms with Crippen molar-refractivity contribution in [3.05, 3.63) is 85.6 Å². The zero-order valence-electron chi connectivity index (χ0n) is 17.7. The van der Waals surface area contributed by atoms with Crippen molar-refractivity contribution in [2.24, 2.45) is 0 Å². The van der Waals surface area contributed by atoms with E-state index >= 15 is 0 Å². The number of carbonyl (C=O) groups is 1. The van der Waals surface area contributed by atoms with Gasteiger partial charge in [0.1, 0.15) is 0 Å². The Morgan fingerprint density at radius 2 is 1.85 bits per heavy atom. The molecule has 34 heavy (non-hydrogen) atoms. The third-order valence-corrected chi connectivity index (χ3v) is 6.79. The summed E-state index contributed by atoms with van der Waals surface area (Å²) in [6.45, 7) is 3.40. The lowest BCUT2D eigenvalue weighted by Gasteiger charge is -2.10. The highest BCUT2D eigenvalue weighted by molar-refractivity contribution is 7.15. The second kappa shape index (κ2) is 9.36. The smallest absolute Gasteiger partial charge is 0.296 e. The van der Waals surface area contributed by atoms with Crippen molar-refractivity contribution in [3.8, 4) is 5.69 Å². The third-order valence-electron chi connectivity index (χ3n) is 5.03. The van der Waals surface area contributed by atoms with E-state index in [2.05, 4.69) is 20.6 Å². The van der Waals surface area contributed by atoms with Crippen molar-refractivity contribution in [3.63, 3.8) is 0 Å². The van der Waals surface area contributed by atoms with Crippen LogP contribution in [0, 0.1) is 13.8 Å². The van der Waals surface area contributed by atoms with E-state index < -0.39 is 17.6 Å². The maximum atomic E-state index is 13.1. The topological polar surface area (TPSA) is 72.7 Å². The molecule has 1 amide bonds. The number of alkyl halides is 3. The van der Waals surface area contributed by atoms with Crippen molar-refractivity contribution in [2.75, 3.05) is 5.32 Å². The van der Waals surface area contributed by atoms with Gasteiger partial charge in [-0.25, -0.2) is 9.67 Å². The van der Waals surface area contributed by atoms with Gasteiger partial charge in [-0.15, -0.1) is 16.4 Å². The molecule has 0 aliphatic carbocycles. The van der Waals surface area contributed by atoms with E-state index in [1.165, 1.54) is 10.7 Å². The minimum atomic E-state index is -4.47. The molecule has 0 fully saturated rings. The standard InChI is InChI=1S/C22H16Cl2F3N5OS/c1-11-18(10-13-9-14(22(25,26)27)7-8-15(13)23)34-21(28-11)29-20(33)19-12(2)32(31-30-19)17-6-4-3-5-16(17)24/h3-9H,10H2,1-2H3,(H,28,29,33). The van der Waals surface area contributed by atoms with E-state index in [4.69, 9.17) is 23.2 Å². The van der Waals surface area contributed by atoms with Gasteiger partial charge in [0.2, 0.25) is 0 Å². The first kappa shape index (κ1) is 24.2. The normalized spacial score (nSPS) is 11.6. The first-order valence-electron chi connectivity index (χ1n) is 9.85. The van der Waals surface area contributed by atoms with Crippen LogP contribution in [0.4, 0.5) is 18.3 Å². The number of carbonyl (C=O) groups excluding carboxylic acids is 1. The van der Waals surface area contributed by atoms with Gasteiger partial charge in [-0.1, -0.05) is 40.5 Å². The summed E-state index contributed by atoms with van der Waals surface area (Å²) in [7, 11) is 0. The van der Waals surface area contributed by atoms with Crippen LogP contribution in [0.2, 0.25) is 10.0 Å². The number of hydrogen-bond acceptors (Lipinski definition) is 5. The number of benzene rings is 2. The molecule has 12 heteroatoms. The fourth-order valence-electron chi connectivity index (χ4n) is 3.25. The molecule has 2 heterocycles. The molecule has 0 spiro atoms. The number of nitrogens with one attached hydrogen (secondary N) is 1. The van der Waals surface area contributed by atoms with E-state index in [1.807, 2.05) is 0 Å². The number of aromatic nitrogens is 4. The van der Waals surface area contributed by atoms with E-state index in [0.29, 0.717) is 32.5 Å². The van der Waals surface area contributed by atoms with Gasteiger partial charge in [-0.3, -0.25) is 10.1 Å². The largest absolute Gasteiger partial charge is 0.416 e. The minimum absolute atomic E-state index is 0.0928. The molecule has 0 unspecified atom stereocenters. The van der Waals surface area contributed by atoms with Gasteiger partial charge in [0.15, 0.2) is 10.8 Å². The summed E-state index contributed by atoms with van der Waals surface area (Å²) < 4.78 is 40.7. The predicted octanol–water partition coefficient (Wildman–Crippen LogP) is 6.51. The van der Waals surface area contributed by atoms with Gasteiger partial charge in [0.25, 0.3) is 5.91 Å². The maximum Gasteiger partial charge on any atom is 0.416 e. The SMILES string of the molecule is Cc1nc(NC(=O)c2nnn(-c3ccccc3Cl)c2C)sc1Cc1cc(C(F)(F)F)ccc1Cl. The Hall–Kier alpha value is -2.95. The maximum absolute atomic E-state index is 13.1. The fourth-order valence-corrected chi connectivity index (χ4v) is 4.63. The molecule has 0 aliphatic heterocycles. The zero-order valence-corrected chi connectivity index (χ0v) is 20.1. The Bertz CT molecular complexity index is 1380. The number of amides is 1. The van der Waals surface area contributed by atoms with E-state index in [-0.39, 0.29) is 22.3 Å². The Balaban J connectivity index is 1.54. The summed E-state index contributed by atoms with van der Waals surface area (Å²) in [5, 5.41) is 11.6. The van der Waals surface area contributed by atoms with Crippen LogP contribution in [0.5, 0.6) is 0 Å². The lowest BCUT2D eigenvalue weighted by molar-refractivity contribution is -0.137. The highest BCUT2D eigenvalue weighted by Gasteiger charge is 2.31. The van der Waals surface area contributed by atoms with Crippen molar-refractivity contribution in [1.29, 1.82) is 0 Å². The van der Waals surface area contributed by atoms with Crippen LogP contribution < -0.4 is 5.32 Å². The second-order valence-electron chi connectivity index (χ2n) is 7.35. The summed E-state index contributed by atoms with van der Waals surface area (Å²) >= 11 is 13.5. The molecule has 1 N–H and O–H groups in total. The van der Waals surface area contributed by atoms with Gasteiger partial charge in [-0.05, 0) is 49.7 Å². The summed E-state index contributed by atoms with van der Waals surface area (Å²) in [4.78, 5) is 17.8. The van der Waals surface area contributed by atoms with Crippen LogP contribution in [0.15, 0.2) is 42.5 Å². The average molecular weight is 526 g/mol. The van der Waals surface area contributed by atoms with Crippen molar-refractivity contribution >= 4 is 45.6 Å². The average Bonchev–Trinajstić information content (AvgIpc) is 3.31. The van der Waals surface area contributed by atoms with Crippen molar-refractivity contribution in [2.45, 2.75) is 26.4 Å². The molecule has 4 aromatic rings. The van der Waals surface area contributed by atoms with Gasteiger partial charge in [0.05, 0.1) is 27.7 Å². The van der Waals surface area contributed by atoms with Crippen LogP contribution in [-0.2, 0) is 12.6 Å². The number of aryl methyl sites for hydroxylation is 1. The zero-order chi connectivity index (χ0) is 24.6. The van der Waals surface area contributed by atoms with Crippen molar-refractivity contribution in [1.82, 2.24) is 20.0 Å². The molecular weight excluding hydrogens is 510 g/mol. The van der Waals surface area contributed by atoms with Crippen LogP contribution in [0.3, 0.4) is 0 Å². The molecule has 0 bridgehead atoms. The Kier molecular flexibility index (Phi) is 6.66. The second-order valence-corrected chi connectivity index (χ2v) is 9.25. The summed E-state index contributed by atoms with van der Waals surface area (Å²) in [5.74, 6) is -0.520. The highest BCUT2D eigenvalue weighted by Crippen LogP contribution is 2.34. The first-order valence-corrected chi connectivity index (χ1v) is 11.4. The molecule has 0 saturated carbocycles. The molecule has 0 radical (unpaired) electrons. The summed E-state index contributed by atoms with van der Waals surface area (Å²) in [5.41, 5.74) is 1.27. The Morgan fingerprint density at radius 1 is 1.12 bits per heavy atom. The Labute approximate surface area is 206 Å². The third kappa shape index (κ3) is 4.94. The summed E-state index contributed by atoms with van der Waals surface area (Å²) in [6.07, 6.45) is -4.33. The number of nitrogens with zero attached hydrogens (tertiary/aromatic N) is 4. The fraction of sp³-hybridized carbons (Fsp3) is 0.182. The number of rotatable bonds is 5.